The maximum Gasteiger partial charge on any atom is 0.148 e. The Morgan fingerprint density at radius 3 is 2.08 bits per heavy atom. The van der Waals surface area contributed by atoms with E-state index >= 15 is 0 Å². The van der Waals surface area contributed by atoms with Crippen LogP contribution in [0.15, 0.2) is 0 Å². The second-order valence-electron chi connectivity index (χ2n) is 3.02. The van der Waals surface area contributed by atoms with E-state index in [0.717, 1.165) is 0 Å². The number of halogens is 3. The molecule has 1 rings (SSSR count). The van der Waals surface area contributed by atoms with E-state index in [1.165, 1.54) is 0 Å². The van der Waals surface area contributed by atoms with Gasteiger partial charge in [0.1, 0.15) is 16.7 Å². The Bertz CT molecular complexity index is 316. The summed E-state index contributed by atoms with van der Waals surface area (Å²) in [7, 11) is 0. The van der Waals surface area contributed by atoms with Crippen LogP contribution in [-0.4, -0.2) is 0 Å². The van der Waals surface area contributed by atoms with E-state index in [1.807, 2.05) is 6.92 Å². The zero-order chi connectivity index (χ0) is 10.2. The molecule has 0 spiro atoms. The molecular weight excluding hydrogens is 194 g/mol. The topological polar surface area (TPSA) is 0 Å². The van der Waals surface area contributed by atoms with Gasteiger partial charge in [0.25, 0.3) is 0 Å². The second-order valence-corrected chi connectivity index (χ2v) is 3.40. The highest BCUT2D eigenvalue weighted by Crippen LogP contribution is 2.28. The summed E-state index contributed by atoms with van der Waals surface area (Å²) in [6.45, 7) is 5.13. The molecule has 0 N–H and O–H groups in total. The van der Waals surface area contributed by atoms with Crippen molar-refractivity contribution in [3.63, 3.8) is 0 Å². The molecule has 0 unspecified atom stereocenters. The highest BCUT2D eigenvalue weighted by molar-refractivity contribution is 6.31. The van der Waals surface area contributed by atoms with Gasteiger partial charge in [0.05, 0.1) is 0 Å². The minimum absolute atomic E-state index is 0.389. The average Bonchev–Trinajstić information content (AvgIpc) is 2.13. The van der Waals surface area contributed by atoms with Crippen LogP contribution in [-0.2, 0) is 6.42 Å². The largest absolute Gasteiger partial charge is 0.205 e. The fourth-order valence-corrected chi connectivity index (χ4v) is 1.63. The predicted octanol–water partition coefficient (Wildman–Crippen LogP) is 3.80. The summed E-state index contributed by atoms with van der Waals surface area (Å²) in [6, 6.07) is 0. The average molecular weight is 205 g/mol. The molecule has 0 aromatic heterocycles. The molecule has 0 radical (unpaired) electrons. The molecule has 3 heteroatoms. The van der Waals surface area contributed by atoms with Crippen molar-refractivity contribution in [2.75, 3.05) is 0 Å². The lowest BCUT2D eigenvalue weighted by Crippen LogP contribution is -2.00. The van der Waals surface area contributed by atoms with E-state index in [2.05, 4.69) is 0 Å². The van der Waals surface area contributed by atoms with Crippen molar-refractivity contribution in [3.05, 3.63) is 33.3 Å². The number of hydrogen-bond acceptors (Lipinski definition) is 0. The molecule has 72 valence electrons. The summed E-state index contributed by atoms with van der Waals surface area (Å²) in [5.74, 6) is -1.27. The van der Waals surface area contributed by atoms with Gasteiger partial charge in [0.2, 0.25) is 0 Å². The standard InChI is InChI=1S/C10H11ClF2/c1-4-7-5(2)6(3)9(12)8(11)10(7)13/h4H2,1-3H3. The molecule has 0 saturated heterocycles. The Morgan fingerprint density at radius 1 is 1.08 bits per heavy atom. The van der Waals surface area contributed by atoms with Gasteiger partial charge in [-0.2, -0.15) is 0 Å². The molecule has 0 heterocycles. The first-order valence-electron chi connectivity index (χ1n) is 4.13. The molecule has 1 aromatic rings. The Morgan fingerprint density at radius 2 is 1.62 bits per heavy atom. The first-order chi connectivity index (χ1) is 6.00. The first kappa shape index (κ1) is 10.5. The smallest absolute Gasteiger partial charge is 0.148 e. The van der Waals surface area contributed by atoms with Gasteiger partial charge in [-0.15, -0.1) is 0 Å². The summed E-state index contributed by atoms with van der Waals surface area (Å²) in [6.07, 6.45) is 0.526. The van der Waals surface area contributed by atoms with E-state index in [1.54, 1.807) is 13.8 Å². The van der Waals surface area contributed by atoms with Crippen LogP contribution in [0, 0.1) is 25.5 Å². The van der Waals surface area contributed by atoms with E-state index in [-0.39, 0.29) is 5.02 Å². The van der Waals surface area contributed by atoms with Gasteiger partial charge in [-0.05, 0) is 37.0 Å². The van der Waals surface area contributed by atoms with Gasteiger partial charge in [0, 0.05) is 0 Å². The first-order valence-corrected chi connectivity index (χ1v) is 4.51. The quantitative estimate of drug-likeness (QED) is 0.611. The number of hydrogen-bond donors (Lipinski definition) is 0. The van der Waals surface area contributed by atoms with Crippen LogP contribution in [0.2, 0.25) is 5.02 Å². The molecular formula is C10H11ClF2. The van der Waals surface area contributed by atoms with Gasteiger partial charge >= 0.3 is 0 Å². The van der Waals surface area contributed by atoms with Gasteiger partial charge < -0.3 is 0 Å². The molecule has 0 atom stereocenters. The van der Waals surface area contributed by atoms with Crippen molar-refractivity contribution in [1.29, 1.82) is 0 Å². The summed E-state index contributed by atoms with van der Waals surface area (Å²) in [4.78, 5) is 0. The van der Waals surface area contributed by atoms with Crippen LogP contribution in [0.3, 0.4) is 0 Å². The lowest BCUT2D eigenvalue weighted by Gasteiger charge is -2.11. The summed E-state index contributed by atoms with van der Waals surface area (Å²) in [5, 5.41) is -0.389. The molecule has 1 aromatic carbocycles. The SMILES string of the molecule is CCc1c(C)c(C)c(F)c(Cl)c1F. The van der Waals surface area contributed by atoms with Crippen molar-refractivity contribution in [2.45, 2.75) is 27.2 Å². The lowest BCUT2D eigenvalue weighted by atomic mass is 10.0. The molecule has 0 aliphatic rings. The highest BCUT2D eigenvalue weighted by Gasteiger charge is 2.17. The number of benzene rings is 1. The van der Waals surface area contributed by atoms with E-state index in [9.17, 15) is 8.78 Å². The zero-order valence-corrected chi connectivity index (χ0v) is 8.60. The normalized spacial score (nSPS) is 10.6. The van der Waals surface area contributed by atoms with Crippen molar-refractivity contribution >= 4 is 11.6 Å². The maximum atomic E-state index is 13.3. The van der Waals surface area contributed by atoms with Gasteiger partial charge in [-0.25, -0.2) is 8.78 Å². The maximum absolute atomic E-state index is 13.3. The minimum Gasteiger partial charge on any atom is -0.205 e. The van der Waals surface area contributed by atoms with E-state index in [0.29, 0.717) is 23.1 Å². The van der Waals surface area contributed by atoms with Crippen LogP contribution in [0.5, 0.6) is 0 Å². The molecule has 0 aliphatic carbocycles. The minimum atomic E-state index is -0.645. The summed E-state index contributed by atoms with van der Waals surface area (Å²) >= 11 is 5.49. The number of rotatable bonds is 1. The lowest BCUT2D eigenvalue weighted by molar-refractivity contribution is 0.566. The third-order valence-corrected chi connectivity index (χ3v) is 2.68. The van der Waals surface area contributed by atoms with Crippen molar-refractivity contribution in [3.8, 4) is 0 Å². The molecule has 0 amide bonds. The highest BCUT2D eigenvalue weighted by atomic mass is 35.5. The van der Waals surface area contributed by atoms with Gasteiger partial charge in [0.15, 0.2) is 0 Å². The fraction of sp³-hybridized carbons (Fsp3) is 0.400. The van der Waals surface area contributed by atoms with Crippen LogP contribution in [0.4, 0.5) is 8.78 Å². The Balaban J connectivity index is 3.56. The van der Waals surface area contributed by atoms with Gasteiger partial charge in [-0.1, -0.05) is 18.5 Å². The van der Waals surface area contributed by atoms with E-state index in [4.69, 9.17) is 11.6 Å². The Hall–Kier alpha value is -0.630. The molecule has 0 fully saturated rings. The van der Waals surface area contributed by atoms with Crippen molar-refractivity contribution < 1.29 is 8.78 Å². The molecule has 0 bridgehead atoms. The molecule has 0 aliphatic heterocycles. The van der Waals surface area contributed by atoms with Gasteiger partial charge in [-0.3, -0.25) is 0 Å². The molecule has 0 nitrogen and oxygen atoms in total. The Kier molecular flexibility index (Phi) is 2.91. The van der Waals surface area contributed by atoms with Crippen LogP contribution < -0.4 is 0 Å². The van der Waals surface area contributed by atoms with Crippen LogP contribution in [0.25, 0.3) is 0 Å². The fourth-order valence-electron chi connectivity index (χ4n) is 1.37. The summed E-state index contributed by atoms with van der Waals surface area (Å²) < 4.78 is 26.5. The third-order valence-electron chi connectivity index (χ3n) is 2.35. The second kappa shape index (κ2) is 3.62. The van der Waals surface area contributed by atoms with Crippen LogP contribution in [0.1, 0.15) is 23.6 Å². The van der Waals surface area contributed by atoms with Crippen molar-refractivity contribution in [1.82, 2.24) is 0 Å². The summed E-state index contributed by atoms with van der Waals surface area (Å²) in [5.41, 5.74) is 1.59. The zero-order valence-electron chi connectivity index (χ0n) is 7.84. The third kappa shape index (κ3) is 1.55. The monoisotopic (exact) mass is 204 g/mol. The van der Waals surface area contributed by atoms with E-state index < -0.39 is 11.6 Å². The van der Waals surface area contributed by atoms with Crippen LogP contribution >= 0.6 is 11.6 Å². The Labute approximate surface area is 81.5 Å². The van der Waals surface area contributed by atoms with Crippen molar-refractivity contribution in [2.24, 2.45) is 0 Å². The molecule has 0 saturated carbocycles. The predicted molar refractivity (Wildman–Crippen MR) is 50.2 cm³/mol. The molecule has 13 heavy (non-hydrogen) atoms.